The van der Waals surface area contributed by atoms with E-state index in [1.807, 2.05) is 4.90 Å². The van der Waals surface area contributed by atoms with E-state index in [0.29, 0.717) is 19.0 Å². The minimum absolute atomic E-state index is 0.254. The average molecular weight is 222 g/mol. The van der Waals surface area contributed by atoms with E-state index < -0.39 is 0 Å². The van der Waals surface area contributed by atoms with Crippen molar-refractivity contribution in [3.05, 3.63) is 0 Å². The van der Waals surface area contributed by atoms with Gasteiger partial charge in [-0.1, -0.05) is 25.7 Å². The van der Waals surface area contributed by atoms with Gasteiger partial charge in [-0.15, -0.1) is 0 Å². The van der Waals surface area contributed by atoms with Crippen LogP contribution in [0, 0.1) is 11.8 Å². The van der Waals surface area contributed by atoms with Crippen molar-refractivity contribution in [1.29, 1.82) is 0 Å². The molecule has 0 bridgehead atoms. The van der Waals surface area contributed by atoms with Crippen molar-refractivity contribution >= 4 is 5.91 Å². The highest BCUT2D eigenvalue weighted by Crippen LogP contribution is 2.16. The van der Waals surface area contributed by atoms with E-state index >= 15 is 0 Å². The zero-order valence-electron chi connectivity index (χ0n) is 10.6. The quantitative estimate of drug-likeness (QED) is 0.670. The Balaban J connectivity index is 2.33. The van der Waals surface area contributed by atoms with E-state index in [9.17, 15) is 4.79 Å². The molecule has 0 saturated carbocycles. The van der Waals surface area contributed by atoms with E-state index in [1.165, 1.54) is 0 Å². The van der Waals surface area contributed by atoms with Crippen molar-refractivity contribution in [2.45, 2.75) is 39.7 Å². The lowest BCUT2D eigenvalue weighted by molar-refractivity contribution is -0.128. The molecule has 0 radical (unpaired) electrons. The van der Waals surface area contributed by atoms with Gasteiger partial charge in [-0.3, -0.25) is 9.69 Å². The molecule has 0 aromatic carbocycles. The third kappa shape index (κ3) is 3.53. The van der Waals surface area contributed by atoms with Crippen molar-refractivity contribution in [2.75, 3.05) is 26.2 Å². The molecule has 1 saturated heterocycles. The Morgan fingerprint density at radius 3 is 2.56 bits per heavy atom. The molecule has 1 atom stereocenters. The van der Waals surface area contributed by atoms with Crippen molar-refractivity contribution < 1.29 is 4.79 Å². The van der Waals surface area contributed by atoms with Gasteiger partial charge in [0.05, 0.1) is 13.1 Å². The van der Waals surface area contributed by atoms with Gasteiger partial charge in [-0.05, 0) is 26.4 Å². The first-order valence-corrected chi connectivity index (χ1v) is 6.16. The minimum atomic E-state index is 0.254. The third-order valence-electron chi connectivity index (χ3n) is 3.20. The molecular weight excluding hydrogens is 200 g/mol. The van der Waals surface area contributed by atoms with Crippen molar-refractivity contribution in [2.24, 2.45) is 0 Å². The van der Waals surface area contributed by atoms with Gasteiger partial charge in [0.25, 0.3) is 0 Å². The molecule has 90 valence electrons. The highest BCUT2D eigenvalue weighted by Gasteiger charge is 2.26. The van der Waals surface area contributed by atoms with Crippen LogP contribution < -0.4 is 0 Å². The molecule has 1 amide bonds. The fourth-order valence-electron chi connectivity index (χ4n) is 1.88. The van der Waals surface area contributed by atoms with Crippen LogP contribution in [0.4, 0.5) is 0 Å². The Bertz CT molecular complexity index is 286. The van der Waals surface area contributed by atoms with Crippen LogP contribution in [0.15, 0.2) is 0 Å². The molecule has 0 aliphatic carbocycles. The van der Waals surface area contributed by atoms with Gasteiger partial charge < -0.3 is 4.90 Å². The zero-order valence-corrected chi connectivity index (χ0v) is 10.6. The third-order valence-corrected chi connectivity index (χ3v) is 3.20. The van der Waals surface area contributed by atoms with Gasteiger partial charge in [0.2, 0.25) is 5.91 Å². The summed E-state index contributed by atoms with van der Waals surface area (Å²) in [6, 6.07) is 0.371. The average Bonchev–Trinajstić information content (AvgIpc) is 2.60. The van der Waals surface area contributed by atoms with Crippen LogP contribution in [0.25, 0.3) is 0 Å². The summed E-state index contributed by atoms with van der Waals surface area (Å²) in [5, 5.41) is 0. The van der Waals surface area contributed by atoms with Gasteiger partial charge in [0.1, 0.15) is 0 Å². The predicted octanol–water partition coefficient (Wildman–Crippen LogP) is 1.34. The van der Waals surface area contributed by atoms with E-state index in [2.05, 4.69) is 37.5 Å². The van der Waals surface area contributed by atoms with Crippen LogP contribution in [0.1, 0.15) is 33.6 Å². The molecule has 0 N–H and O–H groups in total. The van der Waals surface area contributed by atoms with Crippen LogP contribution in [0.5, 0.6) is 0 Å². The van der Waals surface area contributed by atoms with Gasteiger partial charge in [-0.25, -0.2) is 0 Å². The second kappa shape index (κ2) is 6.55. The number of rotatable bonds is 4. The molecule has 0 unspecified atom stereocenters. The van der Waals surface area contributed by atoms with Crippen LogP contribution in [0.3, 0.4) is 0 Å². The molecule has 1 aliphatic heterocycles. The number of carbonyl (C=O) groups excluding carboxylic acids is 1. The molecule has 1 rings (SSSR count). The van der Waals surface area contributed by atoms with Gasteiger partial charge in [-0.2, -0.15) is 0 Å². The molecule has 0 aromatic rings. The molecule has 16 heavy (non-hydrogen) atoms. The standard InChI is InChI=1S/C13H22N2O/c1-4-14(5-2)10-6-7-11-15-12(3)8-9-13(15)16/h12H,4-5,8-11H2,1-3H3/t12-/m1/s1. The first-order valence-electron chi connectivity index (χ1n) is 6.16. The Morgan fingerprint density at radius 2 is 2.06 bits per heavy atom. The summed E-state index contributed by atoms with van der Waals surface area (Å²) in [4.78, 5) is 15.6. The van der Waals surface area contributed by atoms with Crippen LogP contribution >= 0.6 is 0 Å². The topological polar surface area (TPSA) is 23.6 Å². The van der Waals surface area contributed by atoms with Crippen molar-refractivity contribution in [3.8, 4) is 11.8 Å². The predicted molar refractivity (Wildman–Crippen MR) is 66.0 cm³/mol. The Labute approximate surface area is 98.8 Å². The van der Waals surface area contributed by atoms with Gasteiger partial charge in [0, 0.05) is 12.5 Å². The van der Waals surface area contributed by atoms with E-state index in [1.54, 1.807) is 0 Å². The summed E-state index contributed by atoms with van der Waals surface area (Å²) in [5.74, 6) is 6.49. The highest BCUT2D eigenvalue weighted by molar-refractivity contribution is 5.78. The number of carbonyl (C=O) groups is 1. The maximum atomic E-state index is 11.5. The smallest absolute Gasteiger partial charge is 0.223 e. The summed E-state index contributed by atoms with van der Waals surface area (Å²) in [5.41, 5.74) is 0. The fraction of sp³-hybridized carbons (Fsp3) is 0.769. The maximum Gasteiger partial charge on any atom is 0.223 e. The SMILES string of the molecule is CCN(CC)CC#CCN1C(=O)CC[C@H]1C. The van der Waals surface area contributed by atoms with Gasteiger partial charge in [0.15, 0.2) is 0 Å². The summed E-state index contributed by atoms with van der Waals surface area (Å²) in [7, 11) is 0. The number of hydrogen-bond acceptors (Lipinski definition) is 2. The lowest BCUT2D eigenvalue weighted by Gasteiger charge is -2.18. The normalized spacial score (nSPS) is 20.1. The highest BCUT2D eigenvalue weighted by atomic mass is 16.2. The van der Waals surface area contributed by atoms with Crippen molar-refractivity contribution in [1.82, 2.24) is 9.80 Å². The first kappa shape index (κ1) is 13.1. The van der Waals surface area contributed by atoms with Gasteiger partial charge >= 0.3 is 0 Å². The number of likely N-dealkylation sites (tertiary alicyclic amines) is 1. The molecule has 3 heteroatoms. The van der Waals surface area contributed by atoms with Crippen LogP contribution in [-0.2, 0) is 4.79 Å². The minimum Gasteiger partial charge on any atom is -0.329 e. The lowest BCUT2D eigenvalue weighted by Crippen LogP contribution is -2.31. The summed E-state index contributed by atoms with van der Waals surface area (Å²) in [6.07, 6.45) is 1.68. The molecule has 0 spiro atoms. The molecule has 3 nitrogen and oxygen atoms in total. The second-order valence-electron chi connectivity index (χ2n) is 4.22. The largest absolute Gasteiger partial charge is 0.329 e. The Morgan fingerprint density at radius 1 is 1.38 bits per heavy atom. The second-order valence-corrected chi connectivity index (χ2v) is 4.22. The zero-order chi connectivity index (χ0) is 12.0. The van der Waals surface area contributed by atoms with Crippen molar-refractivity contribution in [3.63, 3.8) is 0 Å². The fourth-order valence-corrected chi connectivity index (χ4v) is 1.88. The molecule has 1 fully saturated rings. The number of amides is 1. The van der Waals surface area contributed by atoms with E-state index in [0.717, 1.165) is 26.1 Å². The maximum absolute atomic E-state index is 11.5. The van der Waals surface area contributed by atoms with Crippen LogP contribution in [-0.4, -0.2) is 47.9 Å². The number of nitrogens with zero attached hydrogens (tertiary/aromatic N) is 2. The monoisotopic (exact) mass is 222 g/mol. The van der Waals surface area contributed by atoms with E-state index in [4.69, 9.17) is 0 Å². The molecule has 1 heterocycles. The van der Waals surface area contributed by atoms with Crippen LogP contribution in [0.2, 0.25) is 0 Å². The summed E-state index contributed by atoms with van der Waals surface area (Å²) < 4.78 is 0. The summed E-state index contributed by atoms with van der Waals surface area (Å²) in [6.45, 7) is 9.84. The Kier molecular flexibility index (Phi) is 5.34. The number of hydrogen-bond donors (Lipinski definition) is 0. The molecule has 0 aromatic heterocycles. The summed E-state index contributed by atoms with van der Waals surface area (Å²) >= 11 is 0. The molecule has 1 aliphatic rings. The molecular formula is C13H22N2O. The first-order chi connectivity index (χ1) is 7.69. The lowest BCUT2D eigenvalue weighted by atomic mass is 10.2. The van der Waals surface area contributed by atoms with E-state index in [-0.39, 0.29) is 5.91 Å². The Hall–Kier alpha value is -1.01.